The van der Waals surface area contributed by atoms with E-state index in [1.54, 1.807) is 24.3 Å². The van der Waals surface area contributed by atoms with Crippen molar-refractivity contribution in [1.29, 1.82) is 0 Å². The lowest BCUT2D eigenvalue weighted by Crippen LogP contribution is -2.22. The summed E-state index contributed by atoms with van der Waals surface area (Å²) in [6.07, 6.45) is 0. The number of anilines is 1. The van der Waals surface area contributed by atoms with Crippen LogP contribution in [0.25, 0.3) is 0 Å². The third-order valence-corrected chi connectivity index (χ3v) is 6.03. The maximum Gasteiger partial charge on any atom is 0.238 e. The number of hydrogen-bond donors (Lipinski definition) is 2. The van der Waals surface area contributed by atoms with Crippen LogP contribution in [-0.4, -0.2) is 20.6 Å². The molecule has 1 fully saturated rings. The molecule has 4 nitrogen and oxygen atoms in total. The molecule has 3 rings (SSSR count). The van der Waals surface area contributed by atoms with E-state index in [0.717, 1.165) is 5.56 Å². The summed E-state index contributed by atoms with van der Waals surface area (Å²) in [5, 5.41) is 8.10. The van der Waals surface area contributed by atoms with E-state index in [0.29, 0.717) is 5.69 Å². The molecule has 1 aliphatic rings. The third-order valence-electron chi connectivity index (χ3n) is 5.10. The molecule has 0 aliphatic heterocycles. The summed E-state index contributed by atoms with van der Waals surface area (Å²) in [5.74, 6) is -0.720. The van der Waals surface area contributed by atoms with Crippen LogP contribution >= 0.6 is 0 Å². The van der Waals surface area contributed by atoms with Crippen LogP contribution in [0.4, 0.5) is 14.5 Å². The monoisotopic (exact) mass is 366 g/mol. The minimum atomic E-state index is -3.77. The number of nitrogens with one attached hydrogen (secondary N) is 1. The van der Waals surface area contributed by atoms with Crippen LogP contribution in [0.5, 0.6) is 0 Å². The standard InChI is InChI=1S/C18H20F2N2O2S/c1-17(2)16(12-3-9-15(10-4-12)25(21,23)24)18(17,20)11-22-14-7-5-13(19)6-8-14/h3-10,16,22H,11H2,1-2H3,(H2,21,23,24). The van der Waals surface area contributed by atoms with Gasteiger partial charge in [-0.25, -0.2) is 22.3 Å². The Hall–Kier alpha value is -1.99. The number of benzene rings is 2. The van der Waals surface area contributed by atoms with E-state index in [9.17, 15) is 12.8 Å². The van der Waals surface area contributed by atoms with Gasteiger partial charge in [-0.05, 0) is 42.0 Å². The van der Waals surface area contributed by atoms with Crippen molar-refractivity contribution in [3.63, 3.8) is 0 Å². The molecule has 3 N–H and O–H groups in total. The SMILES string of the molecule is CC1(C)C(c2ccc(S(N)(=O)=O)cc2)C1(F)CNc1ccc(F)cc1. The zero-order valence-corrected chi connectivity index (χ0v) is 14.8. The van der Waals surface area contributed by atoms with Crippen molar-refractivity contribution >= 4 is 15.7 Å². The van der Waals surface area contributed by atoms with Crippen molar-refractivity contribution in [2.24, 2.45) is 10.6 Å². The minimum Gasteiger partial charge on any atom is -0.382 e. The van der Waals surface area contributed by atoms with E-state index in [4.69, 9.17) is 5.14 Å². The molecule has 25 heavy (non-hydrogen) atoms. The Bertz CT molecular complexity index is 880. The van der Waals surface area contributed by atoms with Gasteiger partial charge in [-0.3, -0.25) is 0 Å². The van der Waals surface area contributed by atoms with E-state index < -0.39 is 21.1 Å². The average Bonchev–Trinajstić information content (AvgIpc) is 2.99. The molecule has 0 heterocycles. The number of halogens is 2. The molecule has 2 atom stereocenters. The summed E-state index contributed by atoms with van der Waals surface area (Å²) in [6.45, 7) is 3.74. The fourth-order valence-corrected chi connectivity index (χ4v) is 3.97. The molecule has 7 heteroatoms. The number of rotatable bonds is 5. The predicted octanol–water partition coefficient (Wildman–Crippen LogP) is 3.42. The van der Waals surface area contributed by atoms with E-state index in [2.05, 4.69) is 5.32 Å². The molecule has 1 saturated carbocycles. The molecule has 0 bridgehead atoms. The summed E-state index contributed by atoms with van der Waals surface area (Å²) < 4.78 is 51.1. The fourth-order valence-electron chi connectivity index (χ4n) is 3.46. The molecule has 0 saturated heterocycles. The van der Waals surface area contributed by atoms with Crippen LogP contribution in [0, 0.1) is 11.2 Å². The molecule has 0 amide bonds. The topological polar surface area (TPSA) is 72.2 Å². The Morgan fingerprint density at radius 3 is 2.16 bits per heavy atom. The predicted molar refractivity (Wildman–Crippen MR) is 93.1 cm³/mol. The minimum absolute atomic E-state index is 0.00333. The van der Waals surface area contributed by atoms with Crippen molar-refractivity contribution < 1.29 is 17.2 Å². The zero-order chi connectivity index (χ0) is 18.5. The van der Waals surface area contributed by atoms with Crippen molar-refractivity contribution in [1.82, 2.24) is 0 Å². The molecular formula is C18H20F2N2O2S. The highest BCUT2D eigenvalue weighted by molar-refractivity contribution is 7.89. The van der Waals surface area contributed by atoms with Crippen molar-refractivity contribution in [3.05, 3.63) is 59.9 Å². The highest BCUT2D eigenvalue weighted by Gasteiger charge is 2.72. The van der Waals surface area contributed by atoms with Crippen molar-refractivity contribution in [3.8, 4) is 0 Å². The molecule has 0 spiro atoms. The smallest absolute Gasteiger partial charge is 0.238 e. The van der Waals surface area contributed by atoms with E-state index in [1.165, 1.54) is 24.3 Å². The summed E-state index contributed by atoms with van der Waals surface area (Å²) in [7, 11) is -3.77. The molecule has 0 radical (unpaired) electrons. The third kappa shape index (κ3) is 3.14. The largest absolute Gasteiger partial charge is 0.382 e. The first kappa shape index (κ1) is 17.8. The van der Waals surface area contributed by atoms with Gasteiger partial charge in [-0.15, -0.1) is 0 Å². The average molecular weight is 366 g/mol. The second-order valence-electron chi connectivity index (χ2n) is 6.99. The van der Waals surface area contributed by atoms with Gasteiger partial charge in [-0.1, -0.05) is 26.0 Å². The van der Waals surface area contributed by atoms with Gasteiger partial charge in [0.25, 0.3) is 0 Å². The number of hydrogen-bond acceptors (Lipinski definition) is 3. The first-order valence-corrected chi connectivity index (χ1v) is 9.41. The second-order valence-corrected chi connectivity index (χ2v) is 8.55. The van der Waals surface area contributed by atoms with Gasteiger partial charge in [0.2, 0.25) is 10.0 Å². The van der Waals surface area contributed by atoms with Crippen LogP contribution in [0.3, 0.4) is 0 Å². The van der Waals surface area contributed by atoms with Crippen LogP contribution in [0.1, 0.15) is 25.3 Å². The van der Waals surface area contributed by atoms with Crippen molar-refractivity contribution in [2.75, 3.05) is 11.9 Å². The Kier molecular flexibility index (Phi) is 4.12. The second kappa shape index (κ2) is 5.78. The van der Waals surface area contributed by atoms with Gasteiger partial charge in [0.05, 0.1) is 11.4 Å². The van der Waals surface area contributed by atoms with Gasteiger partial charge >= 0.3 is 0 Å². The Morgan fingerprint density at radius 2 is 1.64 bits per heavy atom. The highest BCUT2D eigenvalue weighted by atomic mass is 32.2. The maximum absolute atomic E-state index is 15.4. The first-order chi connectivity index (χ1) is 11.6. The number of alkyl halides is 1. The number of nitrogens with two attached hydrogens (primary N) is 1. The number of primary sulfonamides is 1. The summed E-state index contributed by atoms with van der Waals surface area (Å²) >= 11 is 0. The van der Waals surface area contributed by atoms with Crippen LogP contribution in [0.2, 0.25) is 0 Å². The normalized spacial score (nSPS) is 24.8. The maximum atomic E-state index is 15.4. The summed E-state index contributed by atoms with van der Waals surface area (Å²) in [5.41, 5.74) is -0.738. The van der Waals surface area contributed by atoms with Crippen LogP contribution < -0.4 is 10.5 Å². The Morgan fingerprint density at radius 1 is 1.08 bits per heavy atom. The number of sulfonamides is 1. The molecule has 134 valence electrons. The zero-order valence-electron chi connectivity index (χ0n) is 14.0. The first-order valence-electron chi connectivity index (χ1n) is 7.87. The lowest BCUT2D eigenvalue weighted by molar-refractivity contribution is 0.258. The molecule has 2 unspecified atom stereocenters. The van der Waals surface area contributed by atoms with Crippen LogP contribution in [-0.2, 0) is 10.0 Å². The molecular weight excluding hydrogens is 346 g/mol. The summed E-state index contributed by atoms with van der Waals surface area (Å²) in [4.78, 5) is 0.00333. The summed E-state index contributed by atoms with van der Waals surface area (Å²) in [6, 6.07) is 11.7. The fraction of sp³-hybridized carbons (Fsp3) is 0.333. The van der Waals surface area contributed by atoms with Crippen molar-refractivity contribution in [2.45, 2.75) is 30.3 Å². The van der Waals surface area contributed by atoms with Gasteiger partial charge in [0.15, 0.2) is 0 Å². The molecule has 0 aromatic heterocycles. The Balaban J connectivity index is 1.77. The van der Waals surface area contributed by atoms with E-state index >= 15 is 4.39 Å². The molecule has 2 aromatic carbocycles. The van der Waals surface area contributed by atoms with E-state index in [-0.39, 0.29) is 23.2 Å². The quantitative estimate of drug-likeness (QED) is 0.852. The lowest BCUT2D eigenvalue weighted by Gasteiger charge is -2.13. The van der Waals surface area contributed by atoms with Gasteiger partial charge in [-0.2, -0.15) is 0 Å². The highest BCUT2D eigenvalue weighted by Crippen LogP contribution is 2.69. The molecule has 2 aromatic rings. The van der Waals surface area contributed by atoms with Gasteiger partial charge < -0.3 is 5.32 Å². The van der Waals surface area contributed by atoms with Gasteiger partial charge in [0, 0.05) is 17.0 Å². The van der Waals surface area contributed by atoms with Crippen LogP contribution in [0.15, 0.2) is 53.4 Å². The van der Waals surface area contributed by atoms with E-state index in [1.807, 2.05) is 13.8 Å². The molecule has 1 aliphatic carbocycles. The Labute approximate surface area is 146 Å². The lowest BCUT2D eigenvalue weighted by atomic mass is 10.0. The van der Waals surface area contributed by atoms with Gasteiger partial charge in [0.1, 0.15) is 11.5 Å².